The topological polar surface area (TPSA) is 90.2 Å². The first-order valence-corrected chi connectivity index (χ1v) is 7.97. The molecule has 106 valence electrons. The highest BCUT2D eigenvalue weighted by Crippen LogP contribution is 2.31. The van der Waals surface area contributed by atoms with Gasteiger partial charge in [-0.05, 0) is 12.5 Å². The number of nitrogens with zero attached hydrogens (tertiary/aromatic N) is 2. The number of alkyl halides is 1. The van der Waals surface area contributed by atoms with Gasteiger partial charge in [-0.25, -0.2) is 13.4 Å². The molecule has 0 aliphatic rings. The Balaban J connectivity index is 2.76. The van der Waals surface area contributed by atoms with Crippen LogP contribution in [0.25, 0.3) is 10.9 Å². The minimum Gasteiger partial charge on any atom is -0.258 e. The van der Waals surface area contributed by atoms with Gasteiger partial charge in [0.15, 0.2) is 14.7 Å². The number of benzene rings is 1. The molecule has 0 saturated carbocycles. The fraction of sp³-hybridized carbons (Fsp3) is 0.250. The Labute approximate surface area is 120 Å². The number of hydrogen-bond acceptors (Lipinski definition) is 5. The lowest BCUT2D eigenvalue weighted by atomic mass is 10.2. The van der Waals surface area contributed by atoms with Crippen LogP contribution in [0.2, 0.25) is 0 Å². The smallest absolute Gasteiger partial charge is 0.258 e. The Morgan fingerprint density at radius 3 is 2.65 bits per heavy atom. The van der Waals surface area contributed by atoms with Crippen molar-refractivity contribution in [3.63, 3.8) is 0 Å². The van der Waals surface area contributed by atoms with Gasteiger partial charge in [0, 0.05) is 11.3 Å². The molecular weight excluding hydrogens is 304 g/mol. The first kappa shape index (κ1) is 14.7. The molecule has 1 heterocycles. The molecule has 0 radical (unpaired) electrons. The Bertz CT molecular complexity index is 761. The van der Waals surface area contributed by atoms with E-state index in [0.717, 1.165) is 6.20 Å². The van der Waals surface area contributed by atoms with Crippen LogP contribution in [0.5, 0.6) is 0 Å². The lowest BCUT2D eigenvalue weighted by molar-refractivity contribution is -0.387. The standard InChI is InChI=1S/C12H11ClN2O4S/c13-6-3-7-20(18,19)12-9-4-1-2-5-10(9)14-8-11(12)15(16)17/h1-2,4-5,8H,3,6-7H2. The molecule has 0 bridgehead atoms. The minimum atomic E-state index is -3.79. The van der Waals surface area contributed by atoms with Gasteiger partial charge in [0.25, 0.3) is 0 Å². The first-order chi connectivity index (χ1) is 9.47. The maximum absolute atomic E-state index is 12.3. The summed E-state index contributed by atoms with van der Waals surface area (Å²) in [6.45, 7) is 0. The molecule has 8 heteroatoms. The van der Waals surface area contributed by atoms with Crippen molar-refractivity contribution >= 4 is 38.0 Å². The zero-order valence-corrected chi connectivity index (χ0v) is 11.9. The number of fused-ring (bicyclic) bond motifs is 1. The van der Waals surface area contributed by atoms with Crippen LogP contribution in [0.1, 0.15) is 6.42 Å². The summed E-state index contributed by atoms with van der Waals surface area (Å²) >= 11 is 5.50. The summed E-state index contributed by atoms with van der Waals surface area (Å²) in [5.41, 5.74) is -0.0965. The quantitative estimate of drug-likeness (QED) is 0.480. The maximum atomic E-state index is 12.3. The molecule has 0 saturated heterocycles. The van der Waals surface area contributed by atoms with Crippen molar-refractivity contribution in [2.45, 2.75) is 11.3 Å². The van der Waals surface area contributed by atoms with E-state index < -0.39 is 20.4 Å². The molecule has 0 spiro atoms. The number of hydrogen-bond donors (Lipinski definition) is 0. The summed E-state index contributed by atoms with van der Waals surface area (Å²) in [6.07, 6.45) is 1.22. The van der Waals surface area contributed by atoms with E-state index in [0.29, 0.717) is 5.52 Å². The molecule has 0 atom stereocenters. The average Bonchev–Trinajstić information content (AvgIpc) is 2.43. The molecule has 2 rings (SSSR count). The van der Waals surface area contributed by atoms with Gasteiger partial charge in [-0.2, -0.15) is 0 Å². The third-order valence-corrected chi connectivity index (χ3v) is 4.91. The maximum Gasteiger partial charge on any atom is 0.306 e. The van der Waals surface area contributed by atoms with Gasteiger partial charge in [0.2, 0.25) is 0 Å². The average molecular weight is 315 g/mol. The molecule has 0 amide bonds. The summed E-state index contributed by atoms with van der Waals surface area (Å²) in [5, 5.41) is 11.3. The lowest BCUT2D eigenvalue weighted by Gasteiger charge is -2.07. The molecular formula is C12H11ClN2O4S. The Hall–Kier alpha value is -1.73. The number of para-hydroxylation sites is 1. The van der Waals surface area contributed by atoms with Gasteiger partial charge in [0.1, 0.15) is 6.20 Å². The second-order valence-corrected chi connectivity index (χ2v) is 6.53. The molecule has 0 aliphatic heterocycles. The van der Waals surface area contributed by atoms with E-state index >= 15 is 0 Å². The normalized spacial score (nSPS) is 11.7. The Kier molecular flexibility index (Phi) is 4.20. The molecule has 20 heavy (non-hydrogen) atoms. The number of halogens is 1. The van der Waals surface area contributed by atoms with E-state index in [1.54, 1.807) is 18.2 Å². The van der Waals surface area contributed by atoms with E-state index in [9.17, 15) is 18.5 Å². The first-order valence-electron chi connectivity index (χ1n) is 5.78. The molecule has 0 N–H and O–H groups in total. The summed E-state index contributed by atoms with van der Waals surface area (Å²) in [5.74, 6) is -0.0542. The van der Waals surface area contributed by atoms with Crippen molar-refractivity contribution in [2.24, 2.45) is 0 Å². The minimum absolute atomic E-state index is 0.177. The molecule has 0 unspecified atom stereocenters. The van der Waals surface area contributed by atoms with E-state index in [1.807, 2.05) is 0 Å². The molecule has 1 aromatic carbocycles. The third kappa shape index (κ3) is 2.73. The second kappa shape index (κ2) is 5.72. The molecule has 6 nitrogen and oxygen atoms in total. The predicted molar refractivity (Wildman–Crippen MR) is 75.8 cm³/mol. The number of pyridine rings is 1. The molecule has 0 fully saturated rings. The third-order valence-electron chi connectivity index (χ3n) is 2.76. The summed E-state index contributed by atoms with van der Waals surface area (Å²) in [7, 11) is -3.79. The van der Waals surface area contributed by atoms with Crippen LogP contribution in [0.4, 0.5) is 5.69 Å². The highest BCUT2D eigenvalue weighted by Gasteiger charge is 2.28. The van der Waals surface area contributed by atoms with Gasteiger partial charge in [0.05, 0.1) is 16.2 Å². The van der Waals surface area contributed by atoms with E-state index in [-0.39, 0.29) is 28.3 Å². The monoisotopic (exact) mass is 314 g/mol. The highest BCUT2D eigenvalue weighted by atomic mass is 35.5. The van der Waals surface area contributed by atoms with Crippen molar-refractivity contribution in [2.75, 3.05) is 11.6 Å². The van der Waals surface area contributed by atoms with Gasteiger partial charge in [-0.1, -0.05) is 18.2 Å². The number of sulfone groups is 1. The predicted octanol–water partition coefficient (Wildman–Crippen LogP) is 2.55. The van der Waals surface area contributed by atoms with Gasteiger partial charge >= 0.3 is 5.69 Å². The second-order valence-electron chi connectivity index (χ2n) is 4.11. The highest BCUT2D eigenvalue weighted by molar-refractivity contribution is 7.91. The molecule has 1 aromatic heterocycles. The van der Waals surface area contributed by atoms with Gasteiger partial charge < -0.3 is 0 Å². The van der Waals surface area contributed by atoms with E-state index in [2.05, 4.69) is 4.98 Å². The fourth-order valence-corrected chi connectivity index (χ4v) is 3.88. The van der Waals surface area contributed by atoms with Gasteiger partial charge in [-0.3, -0.25) is 10.1 Å². The zero-order chi connectivity index (χ0) is 14.8. The van der Waals surface area contributed by atoms with Crippen molar-refractivity contribution in [1.82, 2.24) is 4.98 Å². The van der Waals surface area contributed by atoms with E-state index in [4.69, 9.17) is 11.6 Å². The van der Waals surface area contributed by atoms with Crippen LogP contribution >= 0.6 is 11.6 Å². The van der Waals surface area contributed by atoms with Crippen LogP contribution in [0.3, 0.4) is 0 Å². The lowest BCUT2D eigenvalue weighted by Crippen LogP contribution is -2.11. The van der Waals surface area contributed by atoms with Crippen LogP contribution in [-0.2, 0) is 9.84 Å². The van der Waals surface area contributed by atoms with Crippen LogP contribution in [-0.4, -0.2) is 30.0 Å². The van der Waals surface area contributed by atoms with Crippen LogP contribution < -0.4 is 0 Å². The summed E-state index contributed by atoms with van der Waals surface area (Å²) in [4.78, 5) is 14.0. The van der Waals surface area contributed by atoms with Crippen molar-refractivity contribution in [3.05, 3.63) is 40.6 Å². The number of rotatable bonds is 5. The molecule has 2 aromatic rings. The number of aromatic nitrogens is 1. The van der Waals surface area contributed by atoms with Crippen molar-refractivity contribution in [3.8, 4) is 0 Å². The van der Waals surface area contributed by atoms with Crippen LogP contribution in [0, 0.1) is 10.1 Å². The Morgan fingerprint density at radius 2 is 2.00 bits per heavy atom. The van der Waals surface area contributed by atoms with Crippen molar-refractivity contribution < 1.29 is 13.3 Å². The fourth-order valence-electron chi connectivity index (χ4n) is 1.91. The van der Waals surface area contributed by atoms with Gasteiger partial charge in [-0.15, -0.1) is 11.6 Å². The molecule has 0 aliphatic carbocycles. The zero-order valence-electron chi connectivity index (χ0n) is 10.3. The van der Waals surface area contributed by atoms with Crippen LogP contribution in [0.15, 0.2) is 35.4 Å². The van der Waals surface area contributed by atoms with E-state index in [1.165, 1.54) is 6.07 Å². The summed E-state index contributed by atoms with van der Waals surface area (Å²) in [6, 6.07) is 6.44. The SMILES string of the molecule is O=[N+]([O-])c1cnc2ccccc2c1S(=O)(=O)CCCCl. The van der Waals surface area contributed by atoms with Crippen molar-refractivity contribution in [1.29, 1.82) is 0 Å². The largest absolute Gasteiger partial charge is 0.306 e. The Morgan fingerprint density at radius 1 is 1.30 bits per heavy atom. The summed E-state index contributed by atoms with van der Waals surface area (Å²) < 4.78 is 24.7. The number of nitro groups is 1.